The van der Waals surface area contributed by atoms with E-state index in [0.717, 1.165) is 12.8 Å². The van der Waals surface area contributed by atoms with Crippen LogP contribution in [0.2, 0.25) is 0 Å². The molecular formula is C20H29N3O2. The Hall–Kier alpha value is -2.04. The molecule has 136 valence electrons. The highest BCUT2D eigenvalue weighted by molar-refractivity contribution is 5.79. The van der Waals surface area contributed by atoms with E-state index in [4.69, 9.17) is 5.73 Å². The lowest BCUT2D eigenvalue weighted by Gasteiger charge is -2.35. The van der Waals surface area contributed by atoms with Gasteiger partial charge < -0.3 is 16.0 Å². The first-order chi connectivity index (χ1) is 12.1. The highest BCUT2D eigenvalue weighted by Crippen LogP contribution is 2.28. The standard InChI is InChI=1S/C20H29N3O2/c21-20(25)23-12-10-16(11-13-23)19(24)22-18-9-5-4-8-17(18)14-15-6-2-1-3-7-15/h1-3,6-7,16-18H,4-5,8-14H2,(H2,21,25)(H,22,24). The van der Waals surface area contributed by atoms with Crippen LogP contribution in [0.1, 0.15) is 44.1 Å². The minimum absolute atomic E-state index is 0.00917. The summed E-state index contributed by atoms with van der Waals surface area (Å²) in [5.74, 6) is 0.690. The number of hydrogen-bond acceptors (Lipinski definition) is 2. The molecule has 1 saturated carbocycles. The SMILES string of the molecule is NC(=O)N1CCC(C(=O)NC2CCCCC2Cc2ccccc2)CC1. The third-order valence-corrected chi connectivity index (χ3v) is 5.75. The highest BCUT2D eigenvalue weighted by Gasteiger charge is 2.31. The number of nitrogens with zero attached hydrogens (tertiary/aromatic N) is 1. The molecule has 1 aliphatic heterocycles. The first kappa shape index (κ1) is 17.8. The summed E-state index contributed by atoms with van der Waals surface area (Å²) < 4.78 is 0. The molecule has 3 N–H and O–H groups in total. The largest absolute Gasteiger partial charge is 0.353 e. The van der Waals surface area contributed by atoms with Crippen LogP contribution in [-0.2, 0) is 11.2 Å². The minimum Gasteiger partial charge on any atom is -0.353 e. The number of hydrogen-bond donors (Lipinski definition) is 2. The van der Waals surface area contributed by atoms with E-state index in [1.165, 1.54) is 24.8 Å². The number of rotatable bonds is 4. The van der Waals surface area contributed by atoms with E-state index in [2.05, 4.69) is 29.6 Å². The van der Waals surface area contributed by atoms with Crippen LogP contribution < -0.4 is 11.1 Å². The molecule has 1 saturated heterocycles. The van der Waals surface area contributed by atoms with Crippen molar-refractivity contribution in [3.05, 3.63) is 35.9 Å². The lowest BCUT2D eigenvalue weighted by molar-refractivity contribution is -0.127. The maximum Gasteiger partial charge on any atom is 0.314 e. The van der Waals surface area contributed by atoms with Crippen molar-refractivity contribution in [1.82, 2.24) is 10.2 Å². The number of urea groups is 1. The number of piperidine rings is 1. The fourth-order valence-electron chi connectivity index (χ4n) is 4.22. The fraction of sp³-hybridized carbons (Fsp3) is 0.600. The Morgan fingerprint density at radius 3 is 2.40 bits per heavy atom. The van der Waals surface area contributed by atoms with Crippen LogP contribution in [-0.4, -0.2) is 36.0 Å². The molecule has 25 heavy (non-hydrogen) atoms. The van der Waals surface area contributed by atoms with E-state index in [-0.39, 0.29) is 23.9 Å². The molecule has 5 heteroatoms. The Kier molecular flexibility index (Phi) is 5.95. The van der Waals surface area contributed by atoms with Gasteiger partial charge in [-0.3, -0.25) is 4.79 Å². The second-order valence-electron chi connectivity index (χ2n) is 7.45. The molecule has 1 aliphatic carbocycles. The molecule has 0 aromatic heterocycles. The van der Waals surface area contributed by atoms with Gasteiger partial charge in [-0.2, -0.15) is 0 Å². The Balaban J connectivity index is 1.54. The van der Waals surface area contributed by atoms with Gasteiger partial charge in [-0.1, -0.05) is 43.2 Å². The fourth-order valence-corrected chi connectivity index (χ4v) is 4.22. The summed E-state index contributed by atoms with van der Waals surface area (Å²) in [6.45, 7) is 1.18. The molecule has 5 nitrogen and oxygen atoms in total. The van der Waals surface area contributed by atoms with Crippen molar-refractivity contribution < 1.29 is 9.59 Å². The molecular weight excluding hydrogens is 314 g/mol. The molecule has 3 rings (SSSR count). The Labute approximate surface area is 150 Å². The summed E-state index contributed by atoms with van der Waals surface area (Å²) in [5, 5.41) is 3.33. The van der Waals surface area contributed by atoms with E-state index >= 15 is 0 Å². The number of nitrogens with two attached hydrogens (primary N) is 1. The quantitative estimate of drug-likeness (QED) is 0.882. The number of carbonyl (C=O) groups is 2. The van der Waals surface area contributed by atoms with E-state index in [1.807, 2.05) is 6.07 Å². The minimum atomic E-state index is -0.380. The Morgan fingerprint density at radius 2 is 1.72 bits per heavy atom. The smallest absolute Gasteiger partial charge is 0.314 e. The van der Waals surface area contributed by atoms with Crippen molar-refractivity contribution in [1.29, 1.82) is 0 Å². The van der Waals surface area contributed by atoms with Gasteiger partial charge in [-0.05, 0) is 43.6 Å². The zero-order valence-electron chi connectivity index (χ0n) is 14.8. The van der Waals surface area contributed by atoms with Crippen LogP contribution in [0.15, 0.2) is 30.3 Å². The second kappa shape index (κ2) is 8.37. The summed E-state index contributed by atoms with van der Waals surface area (Å²) in [6, 6.07) is 10.4. The topological polar surface area (TPSA) is 75.4 Å². The molecule has 0 bridgehead atoms. The number of amides is 3. The van der Waals surface area contributed by atoms with Crippen LogP contribution in [0.25, 0.3) is 0 Å². The lowest BCUT2D eigenvalue weighted by Crippen LogP contribution is -2.49. The van der Waals surface area contributed by atoms with Gasteiger partial charge in [0.2, 0.25) is 5.91 Å². The van der Waals surface area contributed by atoms with Gasteiger partial charge in [0.1, 0.15) is 0 Å². The van der Waals surface area contributed by atoms with Crippen molar-refractivity contribution in [3.63, 3.8) is 0 Å². The van der Waals surface area contributed by atoms with E-state index in [9.17, 15) is 9.59 Å². The number of primary amides is 1. The normalized spacial score (nSPS) is 24.7. The molecule has 3 amide bonds. The zero-order chi connectivity index (χ0) is 17.6. The summed E-state index contributed by atoms with van der Waals surface area (Å²) in [6.07, 6.45) is 7.15. The molecule has 1 aromatic rings. The third-order valence-electron chi connectivity index (χ3n) is 5.75. The van der Waals surface area contributed by atoms with Gasteiger partial charge in [0.15, 0.2) is 0 Å². The summed E-state index contributed by atoms with van der Waals surface area (Å²) in [7, 11) is 0. The van der Waals surface area contributed by atoms with E-state index < -0.39 is 0 Å². The maximum atomic E-state index is 12.7. The molecule has 2 aliphatic rings. The molecule has 1 aromatic carbocycles. The van der Waals surface area contributed by atoms with Gasteiger partial charge >= 0.3 is 6.03 Å². The molecule has 0 spiro atoms. The lowest BCUT2D eigenvalue weighted by atomic mass is 9.80. The molecule has 0 radical (unpaired) electrons. The first-order valence-corrected chi connectivity index (χ1v) is 9.52. The van der Waals surface area contributed by atoms with Crippen LogP contribution in [0.4, 0.5) is 4.79 Å². The summed E-state index contributed by atoms with van der Waals surface area (Å²) in [4.78, 5) is 25.5. The zero-order valence-corrected chi connectivity index (χ0v) is 14.8. The van der Waals surface area contributed by atoms with Crippen LogP contribution in [0.5, 0.6) is 0 Å². The van der Waals surface area contributed by atoms with Crippen molar-refractivity contribution in [3.8, 4) is 0 Å². The molecule has 2 atom stereocenters. The monoisotopic (exact) mass is 343 g/mol. The number of benzene rings is 1. The van der Waals surface area contributed by atoms with Gasteiger partial charge in [-0.15, -0.1) is 0 Å². The summed E-state index contributed by atoms with van der Waals surface area (Å²) >= 11 is 0. The average Bonchev–Trinajstić information content (AvgIpc) is 2.64. The highest BCUT2D eigenvalue weighted by atomic mass is 16.2. The van der Waals surface area contributed by atoms with Crippen LogP contribution in [0.3, 0.4) is 0 Å². The van der Waals surface area contributed by atoms with Crippen molar-refractivity contribution >= 4 is 11.9 Å². The summed E-state index contributed by atoms with van der Waals surface area (Å²) in [5.41, 5.74) is 6.67. The first-order valence-electron chi connectivity index (χ1n) is 9.52. The van der Waals surface area contributed by atoms with Gasteiger partial charge in [0.05, 0.1) is 0 Å². The van der Waals surface area contributed by atoms with Crippen LogP contribution in [0, 0.1) is 11.8 Å². The third kappa shape index (κ3) is 4.74. The second-order valence-corrected chi connectivity index (χ2v) is 7.45. The van der Waals surface area contributed by atoms with E-state index in [0.29, 0.717) is 31.8 Å². The van der Waals surface area contributed by atoms with E-state index in [1.54, 1.807) is 4.90 Å². The van der Waals surface area contributed by atoms with Crippen molar-refractivity contribution in [2.45, 2.75) is 51.0 Å². The predicted octanol–water partition coefficient (Wildman–Crippen LogP) is 2.69. The van der Waals surface area contributed by atoms with Crippen molar-refractivity contribution in [2.24, 2.45) is 17.6 Å². The Morgan fingerprint density at radius 1 is 1.04 bits per heavy atom. The molecule has 2 fully saturated rings. The molecule has 2 unspecified atom stereocenters. The Bertz CT molecular complexity index is 582. The van der Waals surface area contributed by atoms with Crippen LogP contribution >= 0.6 is 0 Å². The predicted molar refractivity (Wildman–Crippen MR) is 97.9 cm³/mol. The van der Waals surface area contributed by atoms with Gasteiger partial charge in [0.25, 0.3) is 0 Å². The molecule has 1 heterocycles. The number of carbonyl (C=O) groups excluding carboxylic acids is 2. The van der Waals surface area contributed by atoms with Crippen molar-refractivity contribution in [2.75, 3.05) is 13.1 Å². The van der Waals surface area contributed by atoms with Gasteiger partial charge in [0, 0.05) is 25.0 Å². The average molecular weight is 343 g/mol. The number of nitrogens with one attached hydrogen (secondary N) is 1. The maximum absolute atomic E-state index is 12.7. The number of likely N-dealkylation sites (tertiary alicyclic amines) is 1. The van der Waals surface area contributed by atoms with Gasteiger partial charge in [-0.25, -0.2) is 4.79 Å².